The van der Waals surface area contributed by atoms with E-state index in [2.05, 4.69) is 45.1 Å². The number of likely N-dealkylation sites (N-methyl/N-ethyl adjacent to an activating group) is 1. The van der Waals surface area contributed by atoms with Gasteiger partial charge in [0.15, 0.2) is 0 Å². The molecular weight excluding hydrogens is 441 g/mol. The minimum atomic E-state index is -0.573. The predicted molar refractivity (Wildman–Crippen MR) is 98.2 cm³/mol. The van der Waals surface area contributed by atoms with Gasteiger partial charge in [-0.3, -0.25) is 4.79 Å². The summed E-state index contributed by atoms with van der Waals surface area (Å²) in [5.41, 5.74) is 2.42. The van der Waals surface area contributed by atoms with E-state index in [1.165, 1.54) is 0 Å². The lowest BCUT2D eigenvalue weighted by Gasteiger charge is -2.38. The molecule has 1 aromatic rings. The normalized spacial score (nSPS) is 25.1. The van der Waals surface area contributed by atoms with Crippen LogP contribution in [0.5, 0.6) is 0 Å². The maximum absolute atomic E-state index is 12.5. The summed E-state index contributed by atoms with van der Waals surface area (Å²) in [6.07, 6.45) is 5.99. The smallest absolute Gasteiger partial charge is 0.261 e. The lowest BCUT2D eigenvalue weighted by Crippen LogP contribution is -2.45. The molecule has 1 amide bonds. The largest absolute Gasteiger partial charge is 0.323 e. The van der Waals surface area contributed by atoms with Gasteiger partial charge in [0.2, 0.25) is 0 Å². The van der Waals surface area contributed by atoms with E-state index in [4.69, 9.17) is 0 Å². The number of rotatable bonds is 1. The maximum Gasteiger partial charge on any atom is 0.261 e. The summed E-state index contributed by atoms with van der Waals surface area (Å²) in [6.45, 7) is 3.97. The van der Waals surface area contributed by atoms with Gasteiger partial charge < -0.3 is 4.90 Å². The molecule has 1 aliphatic heterocycles. The molecule has 106 valence electrons. The lowest BCUT2D eigenvalue weighted by molar-refractivity contribution is -0.125. The lowest BCUT2D eigenvalue weighted by atomic mass is 9.82. The van der Waals surface area contributed by atoms with Gasteiger partial charge in [-0.1, -0.05) is 58.9 Å². The molecule has 1 aromatic carbocycles. The van der Waals surface area contributed by atoms with Crippen molar-refractivity contribution in [1.29, 1.82) is 0 Å². The number of hydrogen-bond donors (Lipinski definition) is 0. The van der Waals surface area contributed by atoms with Crippen molar-refractivity contribution in [3.63, 3.8) is 0 Å². The average molecular weight is 454 g/mol. The molecule has 2 nitrogen and oxygen atoms in total. The van der Waals surface area contributed by atoms with E-state index in [0.717, 1.165) is 24.8 Å². The number of carbonyl (C=O) groups excluding carboxylic acids is 1. The molecule has 4 heteroatoms. The standard InChI is InChI=1S/C17H13BrINO/c1-11-8-9-17(13(18)10-11)14(12-6-4-3-5-7-12)15(19)16(21)20(17)2/h3-10H,1H2,2H3. The molecule has 0 N–H and O–H groups in total. The van der Waals surface area contributed by atoms with Gasteiger partial charge in [0.05, 0.1) is 3.58 Å². The quantitative estimate of drug-likeness (QED) is 0.575. The molecule has 21 heavy (non-hydrogen) atoms. The number of allylic oxidation sites excluding steroid dienone is 3. The van der Waals surface area contributed by atoms with Gasteiger partial charge in [-0.15, -0.1) is 0 Å². The molecule has 3 rings (SSSR count). The van der Waals surface area contributed by atoms with Crippen LogP contribution in [-0.2, 0) is 4.79 Å². The molecule has 0 radical (unpaired) electrons. The number of amides is 1. The Morgan fingerprint density at radius 3 is 2.57 bits per heavy atom. The second kappa shape index (κ2) is 5.25. The van der Waals surface area contributed by atoms with E-state index >= 15 is 0 Å². The zero-order valence-electron chi connectivity index (χ0n) is 11.4. The zero-order chi connectivity index (χ0) is 15.2. The molecule has 1 atom stereocenters. The third-order valence-corrected chi connectivity index (χ3v) is 5.73. The van der Waals surface area contributed by atoms with Crippen LogP contribution in [0.2, 0.25) is 0 Å². The Kier molecular flexibility index (Phi) is 3.69. The molecule has 0 saturated carbocycles. The first-order chi connectivity index (χ1) is 9.98. The fraction of sp³-hybridized carbons (Fsp3) is 0.118. The topological polar surface area (TPSA) is 20.3 Å². The predicted octanol–water partition coefficient (Wildman–Crippen LogP) is 4.45. The number of halogens is 2. The molecule has 2 aliphatic rings. The highest BCUT2D eigenvalue weighted by atomic mass is 127. The van der Waals surface area contributed by atoms with Crippen LogP contribution in [0.25, 0.3) is 5.57 Å². The summed E-state index contributed by atoms with van der Waals surface area (Å²) in [5.74, 6) is 0.0389. The first-order valence-electron chi connectivity index (χ1n) is 6.48. The van der Waals surface area contributed by atoms with Gasteiger partial charge >= 0.3 is 0 Å². The van der Waals surface area contributed by atoms with Crippen LogP contribution in [0.1, 0.15) is 5.56 Å². The Hall–Kier alpha value is -1.14. The third kappa shape index (κ3) is 2.07. The van der Waals surface area contributed by atoms with Crippen LogP contribution < -0.4 is 0 Å². The molecule has 1 spiro atoms. The summed E-state index contributed by atoms with van der Waals surface area (Å²) < 4.78 is 1.69. The Bertz CT molecular complexity index is 732. The molecule has 0 bridgehead atoms. The highest BCUT2D eigenvalue weighted by Gasteiger charge is 2.50. The van der Waals surface area contributed by atoms with Gasteiger partial charge in [-0.2, -0.15) is 0 Å². The summed E-state index contributed by atoms with van der Waals surface area (Å²) in [7, 11) is 1.84. The highest BCUT2D eigenvalue weighted by molar-refractivity contribution is 14.1. The van der Waals surface area contributed by atoms with Crippen LogP contribution in [0.3, 0.4) is 0 Å². The van der Waals surface area contributed by atoms with Crippen molar-refractivity contribution < 1.29 is 4.79 Å². The van der Waals surface area contributed by atoms with E-state index in [1.807, 2.05) is 55.6 Å². The molecular formula is C17H13BrINO. The first-order valence-corrected chi connectivity index (χ1v) is 8.35. The Labute approximate surface area is 146 Å². The highest BCUT2D eigenvalue weighted by Crippen LogP contribution is 2.51. The van der Waals surface area contributed by atoms with Crippen LogP contribution in [0, 0.1) is 0 Å². The zero-order valence-corrected chi connectivity index (χ0v) is 15.2. The van der Waals surface area contributed by atoms with Crippen LogP contribution >= 0.6 is 38.5 Å². The fourth-order valence-corrected chi connectivity index (χ4v) is 4.78. The fourth-order valence-electron chi connectivity index (χ4n) is 2.80. The summed E-state index contributed by atoms with van der Waals surface area (Å²) in [4.78, 5) is 14.3. The monoisotopic (exact) mass is 453 g/mol. The number of nitrogens with zero attached hydrogens (tertiary/aromatic N) is 1. The summed E-state index contributed by atoms with van der Waals surface area (Å²) in [6, 6.07) is 10.0. The van der Waals surface area contributed by atoms with Crippen molar-refractivity contribution in [2.75, 3.05) is 7.05 Å². The first kappa shape index (κ1) is 14.8. The van der Waals surface area contributed by atoms with Gasteiger partial charge in [-0.25, -0.2) is 0 Å². The summed E-state index contributed by atoms with van der Waals surface area (Å²) >= 11 is 5.81. The second-order valence-corrected chi connectivity index (χ2v) is 7.02. The second-order valence-electron chi connectivity index (χ2n) is 5.09. The van der Waals surface area contributed by atoms with Crippen molar-refractivity contribution in [3.05, 3.63) is 74.3 Å². The molecule has 1 aliphatic carbocycles. The van der Waals surface area contributed by atoms with Crippen molar-refractivity contribution in [3.8, 4) is 0 Å². The van der Waals surface area contributed by atoms with E-state index < -0.39 is 5.54 Å². The van der Waals surface area contributed by atoms with Crippen molar-refractivity contribution in [2.45, 2.75) is 5.54 Å². The SMILES string of the molecule is C=C1C=CC2(C(Br)=C1)C(c1ccccc1)=C(I)C(=O)N2C. The Morgan fingerprint density at radius 1 is 1.29 bits per heavy atom. The number of hydrogen-bond acceptors (Lipinski definition) is 1. The van der Waals surface area contributed by atoms with E-state index in [-0.39, 0.29) is 5.91 Å². The number of carbonyl (C=O) groups is 1. The molecule has 1 unspecified atom stereocenters. The van der Waals surface area contributed by atoms with Crippen LogP contribution in [0.4, 0.5) is 0 Å². The van der Waals surface area contributed by atoms with E-state index in [9.17, 15) is 4.79 Å². The van der Waals surface area contributed by atoms with E-state index in [1.54, 1.807) is 4.90 Å². The van der Waals surface area contributed by atoms with Crippen molar-refractivity contribution >= 4 is 50.0 Å². The summed E-state index contributed by atoms with van der Waals surface area (Å²) in [5, 5.41) is 0. The van der Waals surface area contributed by atoms with E-state index in [0.29, 0.717) is 0 Å². The van der Waals surface area contributed by atoms with Crippen LogP contribution in [-0.4, -0.2) is 23.4 Å². The van der Waals surface area contributed by atoms with Crippen molar-refractivity contribution in [2.24, 2.45) is 0 Å². The third-order valence-electron chi connectivity index (χ3n) is 3.90. The molecule has 0 saturated heterocycles. The Morgan fingerprint density at radius 2 is 1.95 bits per heavy atom. The Balaban J connectivity index is 2.29. The average Bonchev–Trinajstić information content (AvgIpc) is 2.67. The van der Waals surface area contributed by atoms with Crippen LogP contribution in [0.15, 0.2) is 68.8 Å². The maximum atomic E-state index is 12.5. The minimum absolute atomic E-state index is 0.0389. The number of benzene rings is 1. The van der Waals surface area contributed by atoms with Crippen molar-refractivity contribution in [1.82, 2.24) is 4.90 Å². The molecule has 1 heterocycles. The van der Waals surface area contributed by atoms with Gasteiger partial charge in [-0.05, 0) is 45.9 Å². The van der Waals surface area contributed by atoms with Gasteiger partial charge in [0, 0.05) is 17.1 Å². The van der Waals surface area contributed by atoms with Gasteiger partial charge in [0.1, 0.15) is 5.54 Å². The molecule has 0 fully saturated rings. The van der Waals surface area contributed by atoms with Gasteiger partial charge in [0.25, 0.3) is 5.91 Å². The molecule has 0 aromatic heterocycles. The minimum Gasteiger partial charge on any atom is -0.323 e.